The normalized spacial score (nSPS) is 17.4. The van der Waals surface area contributed by atoms with E-state index in [4.69, 9.17) is 5.73 Å². The molecule has 1 aliphatic rings. The molecule has 3 rings (SSSR count). The van der Waals surface area contributed by atoms with Crippen LogP contribution >= 0.6 is 0 Å². The summed E-state index contributed by atoms with van der Waals surface area (Å²) in [6.45, 7) is 0.613. The van der Waals surface area contributed by atoms with Gasteiger partial charge in [-0.2, -0.15) is 5.10 Å². The van der Waals surface area contributed by atoms with Gasteiger partial charge in [0.05, 0.1) is 29.9 Å². The Morgan fingerprint density at radius 1 is 1.35 bits per heavy atom. The maximum Gasteiger partial charge on any atom is 0.252 e. The average Bonchev–Trinajstić information content (AvgIpc) is 3.17. The van der Waals surface area contributed by atoms with E-state index in [1.165, 1.54) is 18.3 Å². The highest BCUT2D eigenvalue weighted by Gasteiger charge is 2.33. The zero-order valence-corrected chi connectivity index (χ0v) is 12.5. The first-order valence-electron chi connectivity index (χ1n) is 7.43. The lowest BCUT2D eigenvalue weighted by Crippen LogP contribution is -2.33. The van der Waals surface area contributed by atoms with Crippen LogP contribution in [0.2, 0.25) is 0 Å². The Kier molecular flexibility index (Phi) is 4.10. The molecule has 0 unspecified atom stereocenters. The molecular formula is C16H17FN4O2. The molecule has 0 aliphatic carbocycles. The largest absolute Gasteiger partial charge is 0.365 e. The highest BCUT2D eigenvalue weighted by atomic mass is 19.1. The monoisotopic (exact) mass is 316 g/mol. The first kappa shape index (κ1) is 15.2. The zero-order chi connectivity index (χ0) is 16.4. The summed E-state index contributed by atoms with van der Waals surface area (Å²) in [5, 5.41) is 6.66. The van der Waals surface area contributed by atoms with Gasteiger partial charge in [0.2, 0.25) is 5.91 Å². The second-order valence-corrected chi connectivity index (χ2v) is 5.61. The molecule has 2 amide bonds. The summed E-state index contributed by atoms with van der Waals surface area (Å²) in [6.07, 6.45) is 3.17. The molecule has 1 aromatic carbocycles. The van der Waals surface area contributed by atoms with Crippen LogP contribution in [0.5, 0.6) is 0 Å². The van der Waals surface area contributed by atoms with Crippen molar-refractivity contribution in [2.75, 3.05) is 6.54 Å². The molecule has 1 aliphatic heterocycles. The van der Waals surface area contributed by atoms with Gasteiger partial charge in [0.1, 0.15) is 5.82 Å². The summed E-state index contributed by atoms with van der Waals surface area (Å²) in [7, 11) is 0. The Labute approximate surface area is 132 Å². The minimum absolute atomic E-state index is 0.0656. The van der Waals surface area contributed by atoms with Crippen molar-refractivity contribution >= 4 is 11.8 Å². The van der Waals surface area contributed by atoms with E-state index in [2.05, 4.69) is 10.2 Å². The molecule has 2 heterocycles. The number of amides is 2. The number of nitrogens with zero attached hydrogens (tertiary/aromatic N) is 2. The number of halogens is 1. The number of H-pyrrole nitrogens is 1. The quantitative estimate of drug-likeness (QED) is 0.896. The minimum atomic E-state index is -0.563. The van der Waals surface area contributed by atoms with E-state index in [1.54, 1.807) is 17.0 Å². The number of hydrogen-bond donors (Lipinski definition) is 2. The van der Waals surface area contributed by atoms with Crippen LogP contribution in [-0.2, 0) is 11.2 Å². The number of benzene rings is 1. The van der Waals surface area contributed by atoms with E-state index in [0.717, 1.165) is 18.4 Å². The molecule has 6 nitrogen and oxygen atoms in total. The lowest BCUT2D eigenvalue weighted by molar-refractivity contribution is -0.131. The number of carbonyl (C=O) groups is 2. The molecule has 7 heteroatoms. The number of carbonyl (C=O) groups excluding carboxylic acids is 2. The smallest absolute Gasteiger partial charge is 0.252 e. The average molecular weight is 316 g/mol. The summed E-state index contributed by atoms with van der Waals surface area (Å²) < 4.78 is 12.9. The Morgan fingerprint density at radius 3 is 2.78 bits per heavy atom. The lowest BCUT2D eigenvalue weighted by atomic mass is 10.1. The first-order chi connectivity index (χ1) is 11.1. The fraction of sp³-hybridized carbons (Fsp3) is 0.312. The number of nitrogens with one attached hydrogen (secondary N) is 1. The Bertz CT molecular complexity index is 726. The van der Waals surface area contributed by atoms with Crippen molar-refractivity contribution in [3.8, 4) is 0 Å². The predicted molar refractivity (Wildman–Crippen MR) is 80.9 cm³/mol. The molecule has 1 saturated heterocycles. The van der Waals surface area contributed by atoms with Crippen LogP contribution in [0.15, 0.2) is 30.5 Å². The topological polar surface area (TPSA) is 92.1 Å². The molecular weight excluding hydrogens is 299 g/mol. The number of nitrogens with two attached hydrogens (primary N) is 1. The van der Waals surface area contributed by atoms with E-state index in [0.29, 0.717) is 17.8 Å². The predicted octanol–water partition coefficient (Wildman–Crippen LogP) is 1.55. The number of hydrogen-bond acceptors (Lipinski definition) is 3. The molecule has 1 fully saturated rings. The van der Waals surface area contributed by atoms with Gasteiger partial charge in [-0.1, -0.05) is 12.1 Å². The Hall–Kier alpha value is -2.70. The van der Waals surface area contributed by atoms with E-state index in [9.17, 15) is 14.0 Å². The van der Waals surface area contributed by atoms with Crippen molar-refractivity contribution in [3.63, 3.8) is 0 Å². The van der Waals surface area contributed by atoms with Gasteiger partial charge in [-0.3, -0.25) is 14.7 Å². The van der Waals surface area contributed by atoms with Crippen molar-refractivity contribution < 1.29 is 14.0 Å². The van der Waals surface area contributed by atoms with Gasteiger partial charge in [0, 0.05) is 6.54 Å². The highest BCUT2D eigenvalue weighted by Crippen LogP contribution is 2.32. The van der Waals surface area contributed by atoms with Gasteiger partial charge in [-0.25, -0.2) is 4.39 Å². The standard InChI is InChI=1S/C16H17FN4O2/c17-11-5-3-10(4-6-11)8-14(22)21-7-1-2-13(21)15-12(16(18)23)9-19-20-15/h3-6,9,13H,1-2,7-8H2,(H2,18,23)(H,19,20)/t13-/m1/s1. The SMILES string of the molecule is NC(=O)c1cn[nH]c1[C@H]1CCCN1C(=O)Cc1ccc(F)cc1. The molecule has 0 bridgehead atoms. The van der Waals surface area contributed by atoms with Gasteiger partial charge in [0.15, 0.2) is 0 Å². The Morgan fingerprint density at radius 2 is 2.09 bits per heavy atom. The second kappa shape index (κ2) is 6.20. The molecule has 120 valence electrons. The van der Waals surface area contributed by atoms with Crippen molar-refractivity contribution in [3.05, 3.63) is 53.1 Å². The molecule has 0 radical (unpaired) electrons. The molecule has 1 aromatic heterocycles. The van der Waals surface area contributed by atoms with Crippen LogP contribution in [0, 0.1) is 5.82 Å². The maximum absolute atomic E-state index is 12.9. The van der Waals surface area contributed by atoms with Crippen molar-refractivity contribution in [1.29, 1.82) is 0 Å². The van der Waals surface area contributed by atoms with E-state index < -0.39 is 5.91 Å². The summed E-state index contributed by atoms with van der Waals surface area (Å²) in [4.78, 5) is 25.8. The zero-order valence-electron chi connectivity index (χ0n) is 12.5. The third-order valence-electron chi connectivity index (χ3n) is 4.11. The van der Waals surface area contributed by atoms with Crippen molar-refractivity contribution in [1.82, 2.24) is 15.1 Å². The summed E-state index contributed by atoms with van der Waals surface area (Å²) >= 11 is 0. The third kappa shape index (κ3) is 3.08. The number of rotatable bonds is 4. The van der Waals surface area contributed by atoms with Crippen LogP contribution < -0.4 is 5.73 Å². The lowest BCUT2D eigenvalue weighted by Gasteiger charge is -2.24. The molecule has 1 atom stereocenters. The van der Waals surface area contributed by atoms with Crippen LogP contribution in [0.4, 0.5) is 4.39 Å². The molecule has 3 N–H and O–H groups in total. The highest BCUT2D eigenvalue weighted by molar-refractivity contribution is 5.94. The number of likely N-dealkylation sites (tertiary alicyclic amines) is 1. The second-order valence-electron chi connectivity index (χ2n) is 5.61. The van der Waals surface area contributed by atoms with Gasteiger partial charge in [0.25, 0.3) is 5.91 Å². The maximum atomic E-state index is 12.9. The van der Waals surface area contributed by atoms with E-state index in [1.807, 2.05) is 0 Å². The van der Waals surface area contributed by atoms with Crippen LogP contribution in [0.3, 0.4) is 0 Å². The van der Waals surface area contributed by atoms with Gasteiger partial charge < -0.3 is 10.6 Å². The van der Waals surface area contributed by atoms with Crippen LogP contribution in [0.1, 0.15) is 40.5 Å². The Balaban J connectivity index is 1.78. The van der Waals surface area contributed by atoms with Gasteiger partial charge in [-0.05, 0) is 30.5 Å². The van der Waals surface area contributed by atoms with Gasteiger partial charge >= 0.3 is 0 Å². The third-order valence-corrected chi connectivity index (χ3v) is 4.11. The van der Waals surface area contributed by atoms with Crippen molar-refractivity contribution in [2.45, 2.75) is 25.3 Å². The molecule has 0 spiro atoms. The van der Waals surface area contributed by atoms with E-state index >= 15 is 0 Å². The minimum Gasteiger partial charge on any atom is -0.365 e. The van der Waals surface area contributed by atoms with E-state index in [-0.39, 0.29) is 24.2 Å². The first-order valence-corrected chi connectivity index (χ1v) is 7.43. The molecule has 23 heavy (non-hydrogen) atoms. The fourth-order valence-corrected chi connectivity index (χ4v) is 2.99. The van der Waals surface area contributed by atoms with Gasteiger partial charge in [-0.15, -0.1) is 0 Å². The summed E-state index contributed by atoms with van der Waals surface area (Å²) in [5.41, 5.74) is 7.00. The summed E-state index contributed by atoms with van der Waals surface area (Å²) in [5.74, 6) is -0.959. The number of aromatic amines is 1. The van der Waals surface area contributed by atoms with Crippen LogP contribution in [-0.4, -0.2) is 33.5 Å². The molecule has 2 aromatic rings. The number of primary amides is 1. The molecule has 0 saturated carbocycles. The number of aromatic nitrogens is 2. The van der Waals surface area contributed by atoms with Crippen LogP contribution in [0.25, 0.3) is 0 Å². The fourth-order valence-electron chi connectivity index (χ4n) is 2.99. The van der Waals surface area contributed by atoms with Crippen molar-refractivity contribution in [2.24, 2.45) is 5.73 Å². The summed E-state index contributed by atoms with van der Waals surface area (Å²) in [6, 6.07) is 5.65.